The lowest BCUT2D eigenvalue weighted by molar-refractivity contribution is 0.00578. The highest BCUT2D eigenvalue weighted by molar-refractivity contribution is 9.10. The van der Waals surface area contributed by atoms with Crippen LogP contribution in [0.3, 0.4) is 0 Å². The molecule has 1 fully saturated rings. The third-order valence-corrected chi connectivity index (χ3v) is 6.81. The molecule has 3 aliphatic rings. The van der Waals surface area contributed by atoms with Crippen molar-refractivity contribution in [2.45, 2.75) is 51.7 Å². The molecule has 194 valence electrons. The molecule has 0 radical (unpaired) electrons. The van der Waals surface area contributed by atoms with E-state index in [0.717, 1.165) is 36.1 Å². The Hall–Kier alpha value is -2.24. The maximum atomic E-state index is 5.96. The van der Waals surface area contributed by atoms with Gasteiger partial charge in [-0.2, -0.15) is 0 Å². The second-order valence-electron chi connectivity index (χ2n) is 9.69. The smallest absolute Gasteiger partial charge is 0.400 e. The van der Waals surface area contributed by atoms with Gasteiger partial charge in [0.25, 0.3) is 0 Å². The minimum absolute atomic E-state index is 0.182. The van der Waals surface area contributed by atoms with Crippen molar-refractivity contribution in [3.8, 4) is 0 Å². The van der Waals surface area contributed by atoms with Crippen LogP contribution in [0, 0.1) is 0 Å². The minimum atomic E-state index is -0.239. The maximum absolute atomic E-state index is 5.96. The molecule has 0 atom stereocenters. The molecule has 5 heterocycles. The molecule has 0 saturated carbocycles. The van der Waals surface area contributed by atoms with Crippen LogP contribution in [0.15, 0.2) is 59.0 Å². The molecule has 10 heteroatoms. The number of halogens is 1. The highest BCUT2D eigenvalue weighted by Gasteiger charge is 2.52. The lowest BCUT2D eigenvalue weighted by atomic mass is 9.75. The zero-order chi connectivity index (χ0) is 26.2. The van der Waals surface area contributed by atoms with Crippen molar-refractivity contribution >= 4 is 40.0 Å². The molecule has 0 aliphatic carbocycles. The normalized spacial score (nSPS) is 20.2. The van der Waals surface area contributed by atoms with Gasteiger partial charge in [-0.15, -0.1) is 0 Å². The summed E-state index contributed by atoms with van der Waals surface area (Å²) in [5.41, 5.74) is 15.5. The van der Waals surface area contributed by atoms with E-state index < -0.39 is 0 Å². The van der Waals surface area contributed by atoms with Gasteiger partial charge in [0, 0.05) is 29.3 Å². The van der Waals surface area contributed by atoms with Gasteiger partial charge in [0.05, 0.1) is 49.0 Å². The zero-order valence-electron chi connectivity index (χ0n) is 21.5. The van der Waals surface area contributed by atoms with Crippen molar-refractivity contribution < 1.29 is 18.8 Å². The van der Waals surface area contributed by atoms with Crippen LogP contribution >= 0.6 is 15.9 Å². The highest BCUT2D eigenvalue weighted by atomic mass is 79.9. The van der Waals surface area contributed by atoms with E-state index in [1.54, 1.807) is 24.7 Å². The number of nitrogens with two attached hydrogens (primary N) is 2. The van der Waals surface area contributed by atoms with Crippen molar-refractivity contribution in [1.82, 2.24) is 9.97 Å². The van der Waals surface area contributed by atoms with Crippen LogP contribution in [0.4, 0.5) is 11.4 Å². The fourth-order valence-electron chi connectivity index (χ4n) is 3.60. The molecular formula is C26H36BBrN4O4. The number of nitrogen functional groups attached to an aromatic ring is 2. The average Bonchev–Trinajstić information content (AvgIpc) is 3.08. The first-order chi connectivity index (χ1) is 17.1. The maximum Gasteiger partial charge on any atom is 0.490 e. The SMILES string of the molecule is CC1(C)OB(C2=CCOCC2)OC1(C)C.Nc1cncc(Br)c1.Nc1cncc(C2=CCOCC2)c1. The van der Waals surface area contributed by atoms with E-state index in [4.69, 9.17) is 30.2 Å². The molecule has 4 N–H and O–H groups in total. The Kier molecular flexibility index (Phi) is 10.1. The Balaban J connectivity index is 0.000000157. The molecule has 3 aliphatic heterocycles. The molecule has 0 unspecified atom stereocenters. The van der Waals surface area contributed by atoms with Gasteiger partial charge >= 0.3 is 7.12 Å². The quantitative estimate of drug-likeness (QED) is 0.502. The monoisotopic (exact) mass is 558 g/mol. The Bertz CT molecular complexity index is 1040. The third kappa shape index (κ3) is 8.14. The zero-order valence-corrected chi connectivity index (χ0v) is 23.1. The van der Waals surface area contributed by atoms with Crippen molar-refractivity contribution in [2.24, 2.45) is 0 Å². The first-order valence-electron chi connectivity index (χ1n) is 12.0. The largest absolute Gasteiger partial charge is 0.490 e. The summed E-state index contributed by atoms with van der Waals surface area (Å²) in [4.78, 5) is 7.86. The molecular weight excluding hydrogens is 523 g/mol. The summed E-state index contributed by atoms with van der Waals surface area (Å²) in [6, 6.07) is 3.75. The Morgan fingerprint density at radius 1 is 0.806 bits per heavy atom. The fraction of sp³-hybridized carbons (Fsp3) is 0.462. The Morgan fingerprint density at radius 2 is 1.39 bits per heavy atom. The highest BCUT2D eigenvalue weighted by Crippen LogP contribution is 2.39. The minimum Gasteiger partial charge on any atom is -0.400 e. The van der Waals surface area contributed by atoms with Crippen molar-refractivity contribution in [2.75, 3.05) is 37.9 Å². The molecule has 0 bridgehead atoms. The molecule has 2 aromatic rings. The van der Waals surface area contributed by atoms with Crippen LogP contribution in [0.1, 0.15) is 46.1 Å². The van der Waals surface area contributed by atoms with E-state index >= 15 is 0 Å². The fourth-order valence-corrected chi connectivity index (χ4v) is 3.98. The van der Waals surface area contributed by atoms with Crippen molar-refractivity contribution in [3.05, 3.63) is 64.6 Å². The predicted molar refractivity (Wildman–Crippen MR) is 148 cm³/mol. The average molecular weight is 559 g/mol. The molecule has 36 heavy (non-hydrogen) atoms. The summed E-state index contributed by atoms with van der Waals surface area (Å²) >= 11 is 3.22. The third-order valence-electron chi connectivity index (χ3n) is 6.37. The lowest BCUT2D eigenvalue weighted by Gasteiger charge is -2.32. The van der Waals surface area contributed by atoms with E-state index in [1.165, 1.54) is 11.0 Å². The first kappa shape index (κ1) is 28.3. The van der Waals surface area contributed by atoms with E-state index in [1.807, 2.05) is 12.3 Å². The van der Waals surface area contributed by atoms with E-state index in [0.29, 0.717) is 24.6 Å². The molecule has 0 amide bonds. The van der Waals surface area contributed by atoms with Gasteiger partial charge in [-0.05, 0) is 85.2 Å². The summed E-state index contributed by atoms with van der Waals surface area (Å²) < 4.78 is 23.3. The van der Waals surface area contributed by atoms with Gasteiger partial charge in [0.1, 0.15) is 0 Å². The molecule has 0 aromatic carbocycles. The summed E-state index contributed by atoms with van der Waals surface area (Å²) in [5, 5.41) is 0. The van der Waals surface area contributed by atoms with Crippen LogP contribution in [0.5, 0.6) is 0 Å². The summed E-state index contributed by atoms with van der Waals surface area (Å²) in [6.07, 6.45) is 12.8. The topological polar surface area (TPSA) is 115 Å². The van der Waals surface area contributed by atoms with Crippen molar-refractivity contribution in [1.29, 1.82) is 0 Å². The summed E-state index contributed by atoms with van der Waals surface area (Å²) in [6.45, 7) is 11.2. The number of nitrogens with zero attached hydrogens (tertiary/aromatic N) is 2. The standard InChI is InChI=1S/C11H19BO3.C10H12N2O.C5H5BrN2/c1-10(2)11(3,4)15-12(14-10)9-5-7-13-8-6-9;11-10-5-9(6-12-7-10)8-1-3-13-4-2-8;6-4-1-5(7)3-8-2-4/h5H,6-8H2,1-4H3;1,5-7H,2-4,11H2;1-3H,7H2. The second-order valence-corrected chi connectivity index (χ2v) is 10.6. The van der Waals surface area contributed by atoms with Crippen LogP contribution in [0.2, 0.25) is 0 Å². The second kappa shape index (κ2) is 12.8. The lowest BCUT2D eigenvalue weighted by Crippen LogP contribution is -2.41. The number of rotatable bonds is 2. The van der Waals surface area contributed by atoms with E-state index in [-0.39, 0.29) is 18.3 Å². The van der Waals surface area contributed by atoms with Gasteiger partial charge in [-0.25, -0.2) is 0 Å². The van der Waals surface area contributed by atoms with Gasteiger partial charge < -0.3 is 30.2 Å². The Labute approximate surface area is 222 Å². The molecule has 1 saturated heterocycles. The van der Waals surface area contributed by atoms with Crippen LogP contribution in [-0.2, 0) is 18.8 Å². The number of hydrogen-bond donors (Lipinski definition) is 2. The molecule has 5 rings (SSSR count). The van der Waals surface area contributed by atoms with Crippen molar-refractivity contribution in [3.63, 3.8) is 0 Å². The number of pyridine rings is 2. The summed E-state index contributed by atoms with van der Waals surface area (Å²) in [5.74, 6) is 0. The van der Waals surface area contributed by atoms with E-state index in [2.05, 4.69) is 65.7 Å². The number of aromatic nitrogens is 2. The molecule has 8 nitrogen and oxygen atoms in total. The molecule has 0 spiro atoms. The molecule has 2 aromatic heterocycles. The van der Waals surface area contributed by atoms with Crippen LogP contribution in [-0.4, -0.2) is 54.7 Å². The van der Waals surface area contributed by atoms with Gasteiger partial charge in [-0.3, -0.25) is 9.97 Å². The predicted octanol–water partition coefficient (Wildman–Crippen LogP) is 4.86. The number of ether oxygens (including phenoxy) is 2. The van der Waals surface area contributed by atoms with Crippen LogP contribution < -0.4 is 11.5 Å². The van der Waals surface area contributed by atoms with Crippen LogP contribution in [0.25, 0.3) is 5.57 Å². The summed E-state index contributed by atoms with van der Waals surface area (Å²) in [7, 11) is -0.182. The van der Waals surface area contributed by atoms with Gasteiger partial charge in [0.2, 0.25) is 0 Å². The van der Waals surface area contributed by atoms with Gasteiger partial charge in [0.15, 0.2) is 0 Å². The number of anilines is 2. The first-order valence-corrected chi connectivity index (χ1v) is 12.8. The van der Waals surface area contributed by atoms with Gasteiger partial charge in [-0.1, -0.05) is 12.2 Å². The Morgan fingerprint density at radius 3 is 1.86 bits per heavy atom. The van der Waals surface area contributed by atoms with E-state index in [9.17, 15) is 0 Å². The number of hydrogen-bond acceptors (Lipinski definition) is 8.